The molecule has 3 rings (SSSR count). The number of aliphatic hydroxyl groups excluding tert-OH is 1. The molecular weight excluding hydrogens is 399 g/mol. The molecule has 1 aromatic carbocycles. The summed E-state index contributed by atoms with van der Waals surface area (Å²) in [4.78, 5) is 22.9. The SMILES string of the molecule is CON=C1CC(CO)N(C(=O)c2cc(C(F)(F)F)c(-c3cccc(C)c3C)cn2)C1. The van der Waals surface area contributed by atoms with Gasteiger partial charge in [-0.3, -0.25) is 9.78 Å². The van der Waals surface area contributed by atoms with Crippen molar-refractivity contribution in [1.29, 1.82) is 0 Å². The number of carbonyl (C=O) groups excluding carboxylic acids is 1. The van der Waals surface area contributed by atoms with Gasteiger partial charge >= 0.3 is 6.18 Å². The van der Waals surface area contributed by atoms with Gasteiger partial charge in [0.15, 0.2) is 0 Å². The molecule has 160 valence electrons. The van der Waals surface area contributed by atoms with Gasteiger partial charge in [0.2, 0.25) is 0 Å². The fourth-order valence-electron chi connectivity index (χ4n) is 3.58. The highest BCUT2D eigenvalue weighted by Crippen LogP contribution is 2.39. The van der Waals surface area contributed by atoms with Crippen LogP contribution in [0.1, 0.15) is 33.6 Å². The first-order valence-electron chi connectivity index (χ1n) is 9.32. The summed E-state index contributed by atoms with van der Waals surface area (Å²) in [6.45, 7) is 3.27. The zero-order valence-electron chi connectivity index (χ0n) is 16.8. The average molecular weight is 421 g/mol. The van der Waals surface area contributed by atoms with Crippen molar-refractivity contribution in [1.82, 2.24) is 9.88 Å². The van der Waals surface area contributed by atoms with E-state index in [4.69, 9.17) is 4.84 Å². The summed E-state index contributed by atoms with van der Waals surface area (Å²) in [6.07, 6.45) is -3.30. The molecule has 0 bridgehead atoms. The number of hydrogen-bond donors (Lipinski definition) is 1. The molecule has 0 spiro atoms. The number of aryl methyl sites for hydroxylation is 1. The number of amides is 1. The van der Waals surface area contributed by atoms with E-state index >= 15 is 0 Å². The molecule has 1 atom stereocenters. The fraction of sp³-hybridized carbons (Fsp3) is 0.381. The fourth-order valence-corrected chi connectivity index (χ4v) is 3.58. The number of halogens is 3. The molecule has 0 saturated carbocycles. The monoisotopic (exact) mass is 421 g/mol. The Morgan fingerprint density at radius 1 is 1.33 bits per heavy atom. The molecule has 1 N–H and O–H groups in total. The molecule has 2 aromatic rings. The van der Waals surface area contributed by atoms with Crippen molar-refractivity contribution in [2.24, 2.45) is 5.16 Å². The molecule has 0 aliphatic carbocycles. The van der Waals surface area contributed by atoms with Crippen LogP contribution in [0.5, 0.6) is 0 Å². The molecule has 9 heteroatoms. The normalized spacial score (nSPS) is 18.2. The van der Waals surface area contributed by atoms with Crippen LogP contribution in [-0.2, 0) is 11.0 Å². The average Bonchev–Trinajstić information content (AvgIpc) is 3.12. The highest BCUT2D eigenvalue weighted by Gasteiger charge is 2.38. The summed E-state index contributed by atoms with van der Waals surface area (Å²) in [6, 6.07) is 5.29. The van der Waals surface area contributed by atoms with Crippen molar-refractivity contribution in [3.8, 4) is 11.1 Å². The highest BCUT2D eigenvalue weighted by atomic mass is 19.4. The number of hydrogen-bond acceptors (Lipinski definition) is 5. The first-order chi connectivity index (χ1) is 14.2. The summed E-state index contributed by atoms with van der Waals surface area (Å²) in [5, 5.41) is 13.3. The summed E-state index contributed by atoms with van der Waals surface area (Å²) in [5.74, 6) is -0.701. The predicted molar refractivity (Wildman–Crippen MR) is 105 cm³/mol. The first-order valence-corrected chi connectivity index (χ1v) is 9.32. The summed E-state index contributed by atoms with van der Waals surface area (Å²) >= 11 is 0. The maximum atomic E-state index is 13.9. The molecule has 1 saturated heterocycles. The second-order valence-electron chi connectivity index (χ2n) is 7.17. The van der Waals surface area contributed by atoms with Gasteiger partial charge in [-0.1, -0.05) is 23.4 Å². The number of nitrogens with zero attached hydrogens (tertiary/aromatic N) is 3. The van der Waals surface area contributed by atoms with Crippen molar-refractivity contribution in [3.63, 3.8) is 0 Å². The van der Waals surface area contributed by atoms with Crippen LogP contribution in [0, 0.1) is 13.8 Å². The molecule has 1 unspecified atom stereocenters. The van der Waals surface area contributed by atoms with Gasteiger partial charge in [-0.2, -0.15) is 13.2 Å². The standard InChI is InChI=1S/C21H22F3N3O3/c1-12-5-4-6-16(13(12)2)17-9-25-19(8-18(17)21(22,23)24)20(29)27-10-14(26-30-3)7-15(27)11-28/h4-6,8-9,15,28H,7,10-11H2,1-3H3. The molecule has 0 radical (unpaired) electrons. The van der Waals surface area contributed by atoms with Crippen LogP contribution in [0.25, 0.3) is 11.1 Å². The van der Waals surface area contributed by atoms with E-state index < -0.39 is 23.7 Å². The third kappa shape index (κ3) is 4.16. The Balaban J connectivity index is 2.05. The maximum Gasteiger partial charge on any atom is 0.417 e. The Morgan fingerprint density at radius 3 is 2.70 bits per heavy atom. The number of rotatable bonds is 4. The Morgan fingerprint density at radius 2 is 2.07 bits per heavy atom. The molecule has 1 fully saturated rings. The van der Waals surface area contributed by atoms with Crippen molar-refractivity contribution in [3.05, 3.63) is 52.8 Å². The molecule has 6 nitrogen and oxygen atoms in total. The van der Waals surface area contributed by atoms with Crippen LogP contribution in [0.4, 0.5) is 13.2 Å². The summed E-state index contributed by atoms with van der Waals surface area (Å²) in [5.41, 5.74) is 1.15. The number of likely N-dealkylation sites (tertiary alicyclic amines) is 1. The molecule has 1 aliphatic rings. The summed E-state index contributed by atoms with van der Waals surface area (Å²) in [7, 11) is 1.36. The minimum atomic E-state index is -4.67. The minimum absolute atomic E-state index is 0.0552. The van der Waals surface area contributed by atoms with Crippen LogP contribution >= 0.6 is 0 Å². The Kier molecular flexibility index (Phi) is 6.12. The number of carbonyl (C=O) groups is 1. The predicted octanol–water partition coefficient (Wildman–Crippen LogP) is 3.59. The first kappa shape index (κ1) is 21.8. The second kappa shape index (κ2) is 8.43. The molecule has 1 amide bonds. The van der Waals surface area contributed by atoms with Crippen LogP contribution in [0.2, 0.25) is 0 Å². The highest BCUT2D eigenvalue weighted by molar-refractivity contribution is 5.99. The largest absolute Gasteiger partial charge is 0.417 e. The molecule has 1 aromatic heterocycles. The zero-order chi connectivity index (χ0) is 22.1. The quantitative estimate of drug-likeness (QED) is 0.766. The van der Waals surface area contributed by atoms with Crippen LogP contribution in [0.15, 0.2) is 35.6 Å². The van der Waals surface area contributed by atoms with Crippen LogP contribution in [0.3, 0.4) is 0 Å². The number of aromatic nitrogens is 1. The van der Waals surface area contributed by atoms with Crippen molar-refractivity contribution in [2.45, 2.75) is 32.5 Å². The number of oxime groups is 1. The lowest BCUT2D eigenvalue weighted by Crippen LogP contribution is -2.38. The zero-order valence-corrected chi connectivity index (χ0v) is 16.8. The number of benzene rings is 1. The van der Waals surface area contributed by atoms with Gasteiger partial charge in [-0.25, -0.2) is 0 Å². The van der Waals surface area contributed by atoms with Gasteiger partial charge in [0.05, 0.1) is 30.5 Å². The minimum Gasteiger partial charge on any atom is -0.399 e. The third-order valence-corrected chi connectivity index (χ3v) is 5.28. The van der Waals surface area contributed by atoms with Gasteiger partial charge in [0, 0.05) is 18.2 Å². The van der Waals surface area contributed by atoms with E-state index in [0.717, 1.165) is 17.8 Å². The number of pyridine rings is 1. The molecule has 30 heavy (non-hydrogen) atoms. The lowest BCUT2D eigenvalue weighted by atomic mass is 9.94. The van der Waals surface area contributed by atoms with E-state index in [0.29, 0.717) is 16.8 Å². The van der Waals surface area contributed by atoms with E-state index in [2.05, 4.69) is 10.1 Å². The maximum absolute atomic E-state index is 13.9. The van der Waals surface area contributed by atoms with Gasteiger partial charge in [0.1, 0.15) is 12.8 Å². The Hall–Kier alpha value is -2.94. The second-order valence-corrected chi connectivity index (χ2v) is 7.17. The van der Waals surface area contributed by atoms with Crippen LogP contribution in [-0.4, -0.2) is 52.9 Å². The van der Waals surface area contributed by atoms with Gasteiger partial charge in [0.25, 0.3) is 5.91 Å². The Labute approximate surface area is 172 Å². The lowest BCUT2D eigenvalue weighted by molar-refractivity contribution is -0.137. The third-order valence-electron chi connectivity index (χ3n) is 5.28. The lowest BCUT2D eigenvalue weighted by Gasteiger charge is -2.23. The van der Waals surface area contributed by atoms with Gasteiger partial charge in [-0.05, 0) is 36.6 Å². The molecule has 1 aliphatic heterocycles. The molecule has 2 heterocycles. The van der Waals surface area contributed by atoms with Crippen molar-refractivity contribution < 1.29 is 27.9 Å². The smallest absolute Gasteiger partial charge is 0.399 e. The van der Waals surface area contributed by atoms with Gasteiger partial charge in [-0.15, -0.1) is 0 Å². The van der Waals surface area contributed by atoms with Crippen LogP contribution < -0.4 is 0 Å². The van der Waals surface area contributed by atoms with Gasteiger partial charge < -0.3 is 14.8 Å². The number of alkyl halides is 3. The topological polar surface area (TPSA) is 75.0 Å². The Bertz CT molecular complexity index is 989. The summed E-state index contributed by atoms with van der Waals surface area (Å²) < 4.78 is 41.6. The molecular formula is C21H22F3N3O3. The van der Waals surface area contributed by atoms with Crippen molar-refractivity contribution in [2.75, 3.05) is 20.3 Å². The van der Waals surface area contributed by atoms with Crippen molar-refractivity contribution >= 4 is 11.6 Å². The van der Waals surface area contributed by atoms with E-state index in [-0.39, 0.29) is 30.8 Å². The number of aliphatic hydroxyl groups is 1. The van der Waals surface area contributed by atoms with E-state index in [1.54, 1.807) is 19.1 Å². The van der Waals surface area contributed by atoms with E-state index in [9.17, 15) is 23.1 Å². The van der Waals surface area contributed by atoms with E-state index in [1.807, 2.05) is 13.0 Å². The van der Waals surface area contributed by atoms with E-state index in [1.165, 1.54) is 12.0 Å².